The van der Waals surface area contributed by atoms with Gasteiger partial charge in [0.2, 0.25) is 0 Å². The molecule has 0 aliphatic rings. The summed E-state index contributed by atoms with van der Waals surface area (Å²) >= 11 is 5.71. The fraction of sp³-hybridized carbons (Fsp3) is 0.0500. The molecule has 0 aliphatic carbocycles. The molecule has 3 aromatic rings. The van der Waals surface area contributed by atoms with Crippen LogP contribution in [0.25, 0.3) is 0 Å². The average Bonchev–Trinajstić information content (AvgIpc) is 2.64. The van der Waals surface area contributed by atoms with Gasteiger partial charge in [-0.1, -0.05) is 41.9 Å². The number of benzene rings is 3. The first-order valence-electron chi connectivity index (χ1n) is 7.65. The van der Waals surface area contributed by atoms with Gasteiger partial charge in [0.25, 0.3) is 5.91 Å². The number of rotatable bonds is 5. The molecule has 1 amide bonds. The lowest BCUT2D eigenvalue weighted by atomic mass is 10.2. The molecule has 0 saturated carbocycles. The molecule has 0 atom stereocenters. The number of carbonyl (C=O) groups excluding carboxylic acids is 1. The molecule has 126 valence electrons. The fourth-order valence-corrected chi connectivity index (χ4v) is 2.40. The molecule has 3 rings (SSSR count). The number of halogens is 2. The molecule has 3 nitrogen and oxygen atoms in total. The second-order valence-corrected chi connectivity index (χ2v) is 5.79. The summed E-state index contributed by atoms with van der Waals surface area (Å²) in [7, 11) is 0. The third-order valence-electron chi connectivity index (χ3n) is 3.54. The zero-order valence-corrected chi connectivity index (χ0v) is 14.0. The predicted octanol–water partition coefficient (Wildman–Crippen LogP) is 5.31. The van der Waals surface area contributed by atoms with E-state index in [9.17, 15) is 9.18 Å². The first-order chi connectivity index (χ1) is 12.1. The van der Waals surface area contributed by atoms with Crippen LogP contribution in [0.5, 0.6) is 5.75 Å². The maximum absolute atomic E-state index is 13.1. The summed E-state index contributed by atoms with van der Waals surface area (Å²) in [6, 6.07) is 20.6. The molecule has 0 unspecified atom stereocenters. The number of carbonyl (C=O) groups is 1. The van der Waals surface area contributed by atoms with Gasteiger partial charge in [-0.05, 0) is 48.0 Å². The minimum atomic E-state index is -0.528. The van der Waals surface area contributed by atoms with Crippen LogP contribution in [0.1, 0.15) is 15.9 Å². The summed E-state index contributed by atoms with van der Waals surface area (Å²) in [5, 5.41) is 2.63. The van der Waals surface area contributed by atoms with E-state index in [4.69, 9.17) is 16.3 Å². The van der Waals surface area contributed by atoms with Gasteiger partial charge in [-0.3, -0.25) is 4.79 Å². The molecule has 0 aliphatic heterocycles. The summed E-state index contributed by atoms with van der Waals surface area (Å²) in [5.74, 6) is -0.165. The van der Waals surface area contributed by atoms with Crippen molar-refractivity contribution in [3.63, 3.8) is 0 Å². The molecule has 1 N–H and O–H groups in total. The third kappa shape index (κ3) is 4.58. The molecule has 0 fully saturated rings. The van der Waals surface area contributed by atoms with Crippen molar-refractivity contribution in [3.05, 3.63) is 94.8 Å². The van der Waals surface area contributed by atoms with Crippen molar-refractivity contribution in [1.82, 2.24) is 0 Å². The van der Waals surface area contributed by atoms with Crippen molar-refractivity contribution in [3.8, 4) is 5.75 Å². The summed E-state index contributed by atoms with van der Waals surface area (Å²) in [5.41, 5.74) is 1.96. The number of hydrogen-bond acceptors (Lipinski definition) is 2. The molecular formula is C20H15ClFNO2. The molecule has 25 heavy (non-hydrogen) atoms. The Labute approximate surface area is 150 Å². The number of anilines is 1. The lowest BCUT2D eigenvalue weighted by molar-refractivity contribution is 0.102. The molecule has 0 aromatic heterocycles. The number of amides is 1. The molecule has 0 radical (unpaired) electrons. The molecule has 5 heteroatoms. The van der Waals surface area contributed by atoms with Crippen molar-refractivity contribution in [1.29, 1.82) is 0 Å². The van der Waals surface area contributed by atoms with E-state index in [0.29, 0.717) is 23.6 Å². The maximum Gasteiger partial charge on any atom is 0.255 e. The number of nitrogens with one attached hydrogen (secondary N) is 1. The molecular weight excluding hydrogens is 341 g/mol. The van der Waals surface area contributed by atoms with Crippen LogP contribution in [-0.4, -0.2) is 5.91 Å². The molecule has 0 bridgehead atoms. The number of hydrogen-bond donors (Lipinski definition) is 1. The largest absolute Gasteiger partial charge is 0.489 e. The summed E-state index contributed by atoms with van der Waals surface area (Å²) < 4.78 is 18.8. The Morgan fingerprint density at radius 3 is 2.40 bits per heavy atom. The maximum atomic E-state index is 13.1. The van der Waals surface area contributed by atoms with Crippen LogP contribution in [-0.2, 0) is 6.61 Å². The molecule has 3 aromatic carbocycles. The van der Waals surface area contributed by atoms with E-state index in [2.05, 4.69) is 5.32 Å². The van der Waals surface area contributed by atoms with Gasteiger partial charge in [-0.15, -0.1) is 0 Å². The quantitative estimate of drug-likeness (QED) is 0.673. The van der Waals surface area contributed by atoms with E-state index < -0.39 is 5.82 Å². The average molecular weight is 356 g/mol. The van der Waals surface area contributed by atoms with Crippen LogP contribution in [0.3, 0.4) is 0 Å². The van der Waals surface area contributed by atoms with Crippen LogP contribution in [0, 0.1) is 5.82 Å². The topological polar surface area (TPSA) is 38.3 Å². The second-order valence-electron chi connectivity index (χ2n) is 5.38. The van der Waals surface area contributed by atoms with Crippen LogP contribution in [0.15, 0.2) is 72.8 Å². The second kappa shape index (κ2) is 7.81. The van der Waals surface area contributed by atoms with Crippen LogP contribution in [0.2, 0.25) is 5.02 Å². The van der Waals surface area contributed by atoms with Crippen molar-refractivity contribution >= 4 is 23.2 Å². The highest BCUT2D eigenvalue weighted by Gasteiger charge is 2.08. The van der Waals surface area contributed by atoms with Gasteiger partial charge in [0.05, 0.1) is 5.02 Å². The zero-order chi connectivity index (χ0) is 17.6. The highest BCUT2D eigenvalue weighted by Crippen LogP contribution is 2.20. The number of ether oxygens (including phenoxy) is 1. The van der Waals surface area contributed by atoms with E-state index >= 15 is 0 Å². The van der Waals surface area contributed by atoms with Gasteiger partial charge >= 0.3 is 0 Å². The van der Waals surface area contributed by atoms with Crippen molar-refractivity contribution < 1.29 is 13.9 Å². The summed E-state index contributed by atoms with van der Waals surface area (Å²) in [6.07, 6.45) is 0. The van der Waals surface area contributed by atoms with Crippen molar-refractivity contribution in [2.45, 2.75) is 6.61 Å². The normalized spacial score (nSPS) is 10.3. The summed E-state index contributed by atoms with van der Waals surface area (Å²) in [4.78, 5) is 12.2. The Kier molecular flexibility index (Phi) is 5.31. The van der Waals surface area contributed by atoms with Crippen LogP contribution >= 0.6 is 11.6 Å². The van der Waals surface area contributed by atoms with E-state index in [1.165, 1.54) is 18.2 Å². The summed E-state index contributed by atoms with van der Waals surface area (Å²) in [6.45, 7) is 0.459. The van der Waals surface area contributed by atoms with Crippen molar-refractivity contribution in [2.75, 3.05) is 5.32 Å². The fourth-order valence-electron chi connectivity index (χ4n) is 2.22. The van der Waals surface area contributed by atoms with Gasteiger partial charge in [-0.2, -0.15) is 0 Å². The van der Waals surface area contributed by atoms with E-state index in [1.54, 1.807) is 24.3 Å². The molecule has 0 heterocycles. The minimum absolute atomic E-state index is 0.0394. The highest BCUT2D eigenvalue weighted by atomic mass is 35.5. The lowest BCUT2D eigenvalue weighted by Crippen LogP contribution is -2.11. The van der Waals surface area contributed by atoms with Gasteiger partial charge in [0.15, 0.2) is 0 Å². The Morgan fingerprint density at radius 2 is 1.72 bits per heavy atom. The van der Waals surface area contributed by atoms with E-state index in [1.807, 2.05) is 30.3 Å². The standard InChI is InChI=1S/C20H15ClFNO2/c21-18-12-16(8-11-19(18)22)23-20(24)15-6-9-17(10-7-15)25-13-14-4-2-1-3-5-14/h1-12H,13H2,(H,23,24). The van der Waals surface area contributed by atoms with Crippen molar-refractivity contribution in [2.24, 2.45) is 0 Å². The van der Waals surface area contributed by atoms with Crippen LogP contribution in [0.4, 0.5) is 10.1 Å². The van der Waals surface area contributed by atoms with Gasteiger partial charge in [0, 0.05) is 11.3 Å². The van der Waals surface area contributed by atoms with Gasteiger partial charge < -0.3 is 10.1 Å². The Morgan fingerprint density at radius 1 is 1.00 bits per heavy atom. The minimum Gasteiger partial charge on any atom is -0.489 e. The Balaban J connectivity index is 1.61. The Hall–Kier alpha value is -2.85. The van der Waals surface area contributed by atoms with Gasteiger partial charge in [-0.25, -0.2) is 4.39 Å². The predicted molar refractivity (Wildman–Crippen MR) is 96.6 cm³/mol. The van der Waals surface area contributed by atoms with Gasteiger partial charge in [0.1, 0.15) is 18.2 Å². The first-order valence-corrected chi connectivity index (χ1v) is 8.03. The third-order valence-corrected chi connectivity index (χ3v) is 3.83. The highest BCUT2D eigenvalue weighted by molar-refractivity contribution is 6.31. The Bertz CT molecular complexity index is 867. The van der Waals surface area contributed by atoms with E-state index in [0.717, 1.165) is 5.56 Å². The molecule has 0 saturated heterocycles. The zero-order valence-electron chi connectivity index (χ0n) is 13.2. The monoisotopic (exact) mass is 355 g/mol. The smallest absolute Gasteiger partial charge is 0.255 e. The lowest BCUT2D eigenvalue weighted by Gasteiger charge is -2.08. The SMILES string of the molecule is O=C(Nc1ccc(F)c(Cl)c1)c1ccc(OCc2ccccc2)cc1. The van der Waals surface area contributed by atoms with Crippen LogP contribution < -0.4 is 10.1 Å². The first kappa shape index (κ1) is 17.0. The van der Waals surface area contributed by atoms with E-state index in [-0.39, 0.29) is 10.9 Å². The molecule has 0 spiro atoms.